The molecule has 2 aromatic carbocycles. The largest absolute Gasteiger partial charge is 0.507 e. The summed E-state index contributed by atoms with van der Waals surface area (Å²) in [6.07, 6.45) is 16.6. The molecule has 1 N–H and O–H groups in total. The average molecular weight is 594 g/mol. The topological polar surface area (TPSA) is 144 Å². The number of carbonyl (C=O) groups is 2. The first-order valence-corrected chi connectivity index (χ1v) is 15.5. The van der Waals surface area contributed by atoms with Crippen LogP contribution in [0.25, 0.3) is 5.76 Å². The predicted molar refractivity (Wildman–Crippen MR) is 166 cm³/mol. The molecule has 0 radical (unpaired) electrons. The standard InChI is InChI=1S/C33H43N3O7/c1-2-3-4-5-6-7-8-9-10-11-12-13-14-15-24-34-30(25-16-20-27(21-17-25)35(40)41)29(32(38)33(34)39)31(37)26-18-22-28(23-19-26)36(42)43/h16-23,30,37H,2-15,24H2,1H3/t30-/m1/s1. The summed E-state index contributed by atoms with van der Waals surface area (Å²) in [7, 11) is 0. The number of nitrogens with zero attached hydrogens (tertiary/aromatic N) is 3. The van der Waals surface area contributed by atoms with E-state index in [1.807, 2.05) is 0 Å². The number of nitro benzene ring substituents is 2. The molecule has 0 unspecified atom stereocenters. The molecule has 10 heteroatoms. The summed E-state index contributed by atoms with van der Waals surface area (Å²) in [5, 5.41) is 33.4. The first-order chi connectivity index (χ1) is 20.8. The van der Waals surface area contributed by atoms with Crippen molar-refractivity contribution < 1.29 is 24.5 Å². The van der Waals surface area contributed by atoms with E-state index in [0.29, 0.717) is 18.5 Å². The summed E-state index contributed by atoms with van der Waals surface area (Å²) in [6.45, 7) is 2.53. The molecule has 1 saturated heterocycles. The van der Waals surface area contributed by atoms with Gasteiger partial charge in [0.2, 0.25) is 0 Å². The van der Waals surface area contributed by atoms with Gasteiger partial charge in [0.25, 0.3) is 23.1 Å². The second-order valence-corrected chi connectivity index (χ2v) is 11.2. The molecule has 1 heterocycles. The molecule has 0 bridgehead atoms. The highest BCUT2D eigenvalue weighted by Crippen LogP contribution is 2.40. The second kappa shape index (κ2) is 17.1. The number of hydrogen-bond donors (Lipinski definition) is 1. The fourth-order valence-corrected chi connectivity index (χ4v) is 5.61. The van der Waals surface area contributed by atoms with Crippen LogP contribution in [-0.2, 0) is 9.59 Å². The lowest BCUT2D eigenvalue weighted by Crippen LogP contribution is -2.30. The van der Waals surface area contributed by atoms with Gasteiger partial charge in [-0.25, -0.2) is 0 Å². The Hall–Kier alpha value is -4.08. The maximum absolute atomic E-state index is 13.2. The maximum atomic E-state index is 13.2. The van der Waals surface area contributed by atoms with E-state index in [1.165, 1.54) is 118 Å². The molecule has 0 saturated carbocycles. The SMILES string of the molecule is CCCCCCCCCCCCCCCCN1C(=O)C(=O)C(=C(O)c2ccc([N+](=O)[O-])cc2)[C@H]1c1ccc([N+](=O)[O-])cc1. The van der Waals surface area contributed by atoms with Crippen LogP contribution in [0, 0.1) is 20.2 Å². The lowest BCUT2D eigenvalue weighted by molar-refractivity contribution is -0.385. The zero-order valence-electron chi connectivity index (χ0n) is 25.0. The van der Waals surface area contributed by atoms with Crippen molar-refractivity contribution >= 4 is 28.8 Å². The van der Waals surface area contributed by atoms with Gasteiger partial charge >= 0.3 is 0 Å². The van der Waals surface area contributed by atoms with Crippen LogP contribution in [0.15, 0.2) is 54.1 Å². The number of carbonyl (C=O) groups excluding carboxylic acids is 2. The van der Waals surface area contributed by atoms with Crippen LogP contribution in [0.2, 0.25) is 0 Å². The highest BCUT2D eigenvalue weighted by molar-refractivity contribution is 6.46. The van der Waals surface area contributed by atoms with Crippen LogP contribution in [0.4, 0.5) is 11.4 Å². The third-order valence-electron chi connectivity index (χ3n) is 8.06. The monoisotopic (exact) mass is 593 g/mol. The number of ketones is 1. The minimum atomic E-state index is -0.932. The lowest BCUT2D eigenvalue weighted by atomic mass is 9.95. The fourth-order valence-electron chi connectivity index (χ4n) is 5.61. The van der Waals surface area contributed by atoms with Crippen molar-refractivity contribution in [3.8, 4) is 0 Å². The molecular weight excluding hydrogens is 550 g/mol. The molecule has 0 aromatic heterocycles. The van der Waals surface area contributed by atoms with Crippen LogP contribution >= 0.6 is 0 Å². The summed E-state index contributed by atoms with van der Waals surface area (Å²) >= 11 is 0. The molecule has 1 atom stereocenters. The van der Waals surface area contributed by atoms with E-state index in [4.69, 9.17) is 0 Å². The lowest BCUT2D eigenvalue weighted by Gasteiger charge is -2.25. The fraction of sp³-hybridized carbons (Fsp3) is 0.515. The van der Waals surface area contributed by atoms with Crippen LogP contribution in [0.3, 0.4) is 0 Å². The van der Waals surface area contributed by atoms with Gasteiger partial charge in [-0.2, -0.15) is 0 Å². The maximum Gasteiger partial charge on any atom is 0.295 e. The van der Waals surface area contributed by atoms with E-state index in [0.717, 1.165) is 19.3 Å². The Morgan fingerprint density at radius 1 is 0.698 bits per heavy atom. The molecule has 0 spiro atoms. The van der Waals surface area contributed by atoms with E-state index in [1.54, 1.807) is 0 Å². The van der Waals surface area contributed by atoms with E-state index in [2.05, 4.69) is 6.92 Å². The van der Waals surface area contributed by atoms with Crippen LogP contribution in [0.1, 0.15) is 114 Å². The Labute approximate surface area is 253 Å². The minimum Gasteiger partial charge on any atom is -0.507 e. The molecule has 3 rings (SSSR count). The summed E-state index contributed by atoms with van der Waals surface area (Å²) in [5.74, 6) is -2.05. The number of Topliss-reactive ketones (excluding diaryl/α,β-unsaturated/α-hetero) is 1. The van der Waals surface area contributed by atoms with Crippen molar-refractivity contribution in [3.63, 3.8) is 0 Å². The highest BCUT2D eigenvalue weighted by Gasteiger charge is 2.45. The Morgan fingerprint density at radius 3 is 1.56 bits per heavy atom. The Kier molecular flexibility index (Phi) is 13.3. The third-order valence-corrected chi connectivity index (χ3v) is 8.06. The smallest absolute Gasteiger partial charge is 0.295 e. The normalized spacial score (nSPS) is 16.1. The van der Waals surface area contributed by atoms with Crippen molar-refractivity contribution in [2.45, 2.75) is 103 Å². The number of rotatable bonds is 19. The average Bonchev–Trinajstić information content (AvgIpc) is 3.26. The van der Waals surface area contributed by atoms with Gasteiger partial charge < -0.3 is 10.0 Å². The number of aliphatic hydroxyl groups excluding tert-OH is 1. The Bertz CT molecular complexity index is 1270. The molecule has 2 aromatic rings. The van der Waals surface area contributed by atoms with Gasteiger partial charge in [-0.3, -0.25) is 29.8 Å². The van der Waals surface area contributed by atoms with Crippen molar-refractivity contribution in [3.05, 3.63) is 85.5 Å². The van der Waals surface area contributed by atoms with Crippen molar-refractivity contribution in [1.82, 2.24) is 4.90 Å². The van der Waals surface area contributed by atoms with Crippen LogP contribution in [-0.4, -0.2) is 38.1 Å². The van der Waals surface area contributed by atoms with Gasteiger partial charge in [0, 0.05) is 36.4 Å². The molecule has 232 valence electrons. The summed E-state index contributed by atoms with van der Waals surface area (Å²) < 4.78 is 0. The summed E-state index contributed by atoms with van der Waals surface area (Å²) in [5.41, 5.74) is 0.161. The zero-order valence-corrected chi connectivity index (χ0v) is 25.0. The number of unbranched alkanes of at least 4 members (excludes halogenated alkanes) is 13. The highest BCUT2D eigenvalue weighted by atomic mass is 16.6. The van der Waals surface area contributed by atoms with Crippen molar-refractivity contribution in [2.75, 3.05) is 6.54 Å². The number of nitro groups is 2. The van der Waals surface area contributed by atoms with E-state index >= 15 is 0 Å². The molecular formula is C33H43N3O7. The molecule has 10 nitrogen and oxygen atoms in total. The first-order valence-electron chi connectivity index (χ1n) is 15.5. The van der Waals surface area contributed by atoms with E-state index < -0.39 is 33.3 Å². The predicted octanol–water partition coefficient (Wildman–Crippen LogP) is 8.41. The van der Waals surface area contributed by atoms with Gasteiger partial charge in [0.1, 0.15) is 5.76 Å². The van der Waals surface area contributed by atoms with E-state index in [9.17, 15) is 34.9 Å². The first kappa shape index (κ1) is 33.4. The minimum absolute atomic E-state index is 0.136. The molecule has 1 amide bonds. The van der Waals surface area contributed by atoms with Gasteiger partial charge in [-0.05, 0) is 36.2 Å². The number of hydrogen-bond acceptors (Lipinski definition) is 7. The number of amides is 1. The van der Waals surface area contributed by atoms with Gasteiger partial charge in [-0.15, -0.1) is 0 Å². The van der Waals surface area contributed by atoms with Crippen LogP contribution < -0.4 is 0 Å². The van der Waals surface area contributed by atoms with Gasteiger partial charge in [0.15, 0.2) is 0 Å². The molecule has 43 heavy (non-hydrogen) atoms. The van der Waals surface area contributed by atoms with E-state index in [-0.39, 0.29) is 22.5 Å². The Balaban J connectivity index is 1.62. The molecule has 1 aliphatic rings. The Morgan fingerprint density at radius 2 is 1.12 bits per heavy atom. The zero-order chi connectivity index (χ0) is 31.2. The van der Waals surface area contributed by atoms with Crippen LogP contribution in [0.5, 0.6) is 0 Å². The number of benzene rings is 2. The molecule has 1 fully saturated rings. The second-order valence-electron chi connectivity index (χ2n) is 11.2. The quantitative estimate of drug-likeness (QED) is 0.0430. The summed E-state index contributed by atoms with van der Waals surface area (Å²) in [6, 6.07) is 9.69. The molecule has 0 aliphatic carbocycles. The number of aliphatic hydroxyl groups is 1. The van der Waals surface area contributed by atoms with Gasteiger partial charge in [0.05, 0.1) is 21.5 Å². The third kappa shape index (κ3) is 9.46. The number of non-ortho nitro benzene ring substituents is 2. The molecule has 1 aliphatic heterocycles. The van der Waals surface area contributed by atoms with Gasteiger partial charge in [-0.1, -0.05) is 90.4 Å². The van der Waals surface area contributed by atoms with Crippen molar-refractivity contribution in [1.29, 1.82) is 0 Å². The van der Waals surface area contributed by atoms with Crippen molar-refractivity contribution in [2.24, 2.45) is 0 Å². The summed E-state index contributed by atoms with van der Waals surface area (Å²) in [4.78, 5) is 48.9. The number of likely N-dealkylation sites (tertiary alicyclic amines) is 1.